The lowest BCUT2D eigenvalue weighted by Crippen LogP contribution is -2.03. The average Bonchev–Trinajstić information content (AvgIpc) is 2.99. The summed E-state index contributed by atoms with van der Waals surface area (Å²) in [7, 11) is 0. The van der Waals surface area contributed by atoms with Crippen molar-refractivity contribution in [2.24, 2.45) is 0 Å². The Kier molecular flexibility index (Phi) is 2.80. The molecule has 2 N–H and O–H groups in total. The zero-order valence-corrected chi connectivity index (χ0v) is 10.1. The third-order valence-electron chi connectivity index (χ3n) is 2.78. The van der Waals surface area contributed by atoms with Gasteiger partial charge in [0.1, 0.15) is 0 Å². The zero-order valence-electron chi connectivity index (χ0n) is 9.31. The lowest BCUT2D eigenvalue weighted by atomic mass is 10.1. The predicted molar refractivity (Wildman–Crippen MR) is 72.6 cm³/mol. The van der Waals surface area contributed by atoms with Crippen molar-refractivity contribution in [2.75, 3.05) is 11.9 Å². The van der Waals surface area contributed by atoms with E-state index in [0.29, 0.717) is 0 Å². The number of fused-ring (bicyclic) bond motifs is 1. The van der Waals surface area contributed by atoms with E-state index in [1.165, 1.54) is 16.5 Å². The van der Waals surface area contributed by atoms with Gasteiger partial charge < -0.3 is 10.3 Å². The van der Waals surface area contributed by atoms with Gasteiger partial charge >= 0.3 is 0 Å². The van der Waals surface area contributed by atoms with E-state index in [2.05, 4.69) is 45.7 Å². The van der Waals surface area contributed by atoms with E-state index in [-0.39, 0.29) is 0 Å². The molecule has 86 valence electrons. The highest BCUT2D eigenvalue weighted by Gasteiger charge is 2.02. The second-order valence-electron chi connectivity index (χ2n) is 3.87. The average molecular weight is 243 g/mol. The first-order valence-corrected chi connectivity index (χ1v) is 6.50. The van der Waals surface area contributed by atoms with Crippen LogP contribution in [-0.4, -0.2) is 16.5 Å². The van der Waals surface area contributed by atoms with Crippen LogP contribution in [0.2, 0.25) is 0 Å². The van der Waals surface area contributed by atoms with E-state index in [4.69, 9.17) is 0 Å². The molecule has 2 aromatic heterocycles. The van der Waals surface area contributed by atoms with Gasteiger partial charge in [-0.25, -0.2) is 4.98 Å². The third-order valence-corrected chi connectivity index (χ3v) is 3.51. The summed E-state index contributed by atoms with van der Waals surface area (Å²) in [5.74, 6) is 0. The lowest BCUT2D eigenvalue weighted by Gasteiger charge is -2.01. The molecule has 0 aliphatic rings. The molecule has 0 radical (unpaired) electrons. The molecule has 4 heteroatoms. The Labute approximate surface area is 104 Å². The summed E-state index contributed by atoms with van der Waals surface area (Å²) in [6.07, 6.45) is 4.91. The fourth-order valence-electron chi connectivity index (χ4n) is 1.95. The molecule has 0 saturated heterocycles. The number of thiazole rings is 1. The van der Waals surface area contributed by atoms with Gasteiger partial charge in [-0.2, -0.15) is 0 Å². The number of nitrogens with one attached hydrogen (secondary N) is 2. The van der Waals surface area contributed by atoms with Gasteiger partial charge in [-0.05, 0) is 18.1 Å². The van der Waals surface area contributed by atoms with Crippen LogP contribution in [0.4, 0.5) is 5.13 Å². The number of para-hydroxylation sites is 1. The quantitative estimate of drug-likeness (QED) is 0.738. The van der Waals surface area contributed by atoms with E-state index < -0.39 is 0 Å². The van der Waals surface area contributed by atoms with Crippen molar-refractivity contribution < 1.29 is 0 Å². The number of hydrogen-bond acceptors (Lipinski definition) is 3. The summed E-state index contributed by atoms with van der Waals surface area (Å²) in [5.41, 5.74) is 2.56. The number of hydrogen-bond donors (Lipinski definition) is 2. The topological polar surface area (TPSA) is 40.7 Å². The largest absolute Gasteiger partial charge is 0.361 e. The maximum absolute atomic E-state index is 4.20. The van der Waals surface area contributed by atoms with Crippen LogP contribution in [0.5, 0.6) is 0 Å². The second-order valence-corrected chi connectivity index (χ2v) is 4.77. The van der Waals surface area contributed by atoms with Crippen molar-refractivity contribution in [3.8, 4) is 0 Å². The van der Waals surface area contributed by atoms with Gasteiger partial charge in [-0.1, -0.05) is 18.2 Å². The molecule has 0 aliphatic heterocycles. The Hall–Kier alpha value is -1.81. The predicted octanol–water partition coefficient (Wildman–Crippen LogP) is 3.28. The van der Waals surface area contributed by atoms with Crippen LogP contribution in [-0.2, 0) is 6.42 Å². The molecule has 3 nitrogen and oxygen atoms in total. The number of aromatic nitrogens is 2. The highest BCUT2D eigenvalue weighted by molar-refractivity contribution is 7.13. The number of aromatic amines is 1. The SMILES string of the molecule is c1ccc2c(CCNc3nccs3)c[nH]c2c1. The van der Waals surface area contributed by atoms with E-state index in [1.807, 2.05) is 11.6 Å². The molecule has 17 heavy (non-hydrogen) atoms. The molecule has 3 aromatic rings. The van der Waals surface area contributed by atoms with Crippen LogP contribution in [0.1, 0.15) is 5.56 Å². The van der Waals surface area contributed by atoms with Gasteiger partial charge in [0.2, 0.25) is 0 Å². The lowest BCUT2D eigenvalue weighted by molar-refractivity contribution is 1.02. The number of anilines is 1. The molecule has 0 atom stereocenters. The Balaban J connectivity index is 1.69. The number of rotatable bonds is 4. The van der Waals surface area contributed by atoms with Gasteiger partial charge in [-0.15, -0.1) is 11.3 Å². The van der Waals surface area contributed by atoms with Crippen LogP contribution < -0.4 is 5.32 Å². The first kappa shape index (κ1) is 10.4. The summed E-state index contributed by atoms with van der Waals surface area (Å²) >= 11 is 1.63. The highest BCUT2D eigenvalue weighted by Crippen LogP contribution is 2.18. The molecule has 0 unspecified atom stereocenters. The smallest absolute Gasteiger partial charge is 0.182 e. The molecule has 0 saturated carbocycles. The van der Waals surface area contributed by atoms with Crippen molar-refractivity contribution in [1.29, 1.82) is 0 Å². The first-order chi connectivity index (χ1) is 8.43. The van der Waals surface area contributed by atoms with Crippen molar-refractivity contribution in [2.45, 2.75) is 6.42 Å². The summed E-state index contributed by atoms with van der Waals surface area (Å²) in [6.45, 7) is 0.912. The van der Waals surface area contributed by atoms with Gasteiger partial charge in [0.25, 0.3) is 0 Å². The number of benzene rings is 1. The molecule has 3 rings (SSSR count). The van der Waals surface area contributed by atoms with E-state index >= 15 is 0 Å². The second kappa shape index (κ2) is 4.59. The Morgan fingerprint density at radius 1 is 1.29 bits per heavy atom. The van der Waals surface area contributed by atoms with Gasteiger partial charge in [0.15, 0.2) is 5.13 Å². The Morgan fingerprint density at radius 2 is 2.24 bits per heavy atom. The number of nitrogens with zero attached hydrogens (tertiary/aromatic N) is 1. The minimum atomic E-state index is 0.912. The normalized spacial score (nSPS) is 10.8. The summed E-state index contributed by atoms with van der Waals surface area (Å²) in [5, 5.41) is 7.61. The van der Waals surface area contributed by atoms with Crippen LogP contribution in [0, 0.1) is 0 Å². The summed E-state index contributed by atoms with van der Waals surface area (Å²) in [4.78, 5) is 7.49. The molecular weight excluding hydrogens is 230 g/mol. The van der Waals surface area contributed by atoms with Crippen molar-refractivity contribution in [3.63, 3.8) is 0 Å². The Morgan fingerprint density at radius 3 is 3.12 bits per heavy atom. The molecule has 0 aliphatic carbocycles. The van der Waals surface area contributed by atoms with E-state index in [9.17, 15) is 0 Å². The first-order valence-electron chi connectivity index (χ1n) is 5.62. The van der Waals surface area contributed by atoms with Crippen LogP contribution in [0.3, 0.4) is 0 Å². The van der Waals surface area contributed by atoms with Crippen LogP contribution >= 0.6 is 11.3 Å². The molecule has 2 heterocycles. The van der Waals surface area contributed by atoms with Gasteiger partial charge in [0, 0.05) is 35.2 Å². The molecule has 0 bridgehead atoms. The third kappa shape index (κ3) is 2.17. The summed E-state index contributed by atoms with van der Waals surface area (Å²) < 4.78 is 0. The fraction of sp³-hybridized carbons (Fsp3) is 0.154. The van der Waals surface area contributed by atoms with Crippen molar-refractivity contribution in [1.82, 2.24) is 9.97 Å². The zero-order chi connectivity index (χ0) is 11.5. The molecule has 0 fully saturated rings. The minimum absolute atomic E-state index is 0.912. The summed E-state index contributed by atoms with van der Waals surface area (Å²) in [6, 6.07) is 8.39. The van der Waals surface area contributed by atoms with E-state index in [1.54, 1.807) is 11.3 Å². The van der Waals surface area contributed by atoms with E-state index in [0.717, 1.165) is 18.1 Å². The Bertz CT molecular complexity index is 598. The minimum Gasteiger partial charge on any atom is -0.361 e. The standard InChI is InChI=1S/C13H13N3S/c1-2-4-12-11(3-1)10(9-16-12)5-6-14-13-15-7-8-17-13/h1-4,7-9,16H,5-6H2,(H,14,15). The molecule has 0 spiro atoms. The molecule has 0 amide bonds. The van der Waals surface area contributed by atoms with Crippen LogP contribution in [0.25, 0.3) is 10.9 Å². The van der Waals surface area contributed by atoms with Crippen molar-refractivity contribution >= 4 is 27.4 Å². The monoisotopic (exact) mass is 243 g/mol. The maximum atomic E-state index is 4.20. The molecule has 1 aromatic carbocycles. The molecular formula is C13H13N3S. The fourth-order valence-corrected chi connectivity index (χ4v) is 2.51. The van der Waals surface area contributed by atoms with Crippen LogP contribution in [0.15, 0.2) is 42.0 Å². The van der Waals surface area contributed by atoms with Crippen molar-refractivity contribution in [3.05, 3.63) is 47.6 Å². The van der Waals surface area contributed by atoms with Gasteiger partial charge in [0.05, 0.1) is 0 Å². The number of H-pyrrole nitrogens is 1. The maximum Gasteiger partial charge on any atom is 0.182 e. The van der Waals surface area contributed by atoms with Gasteiger partial charge in [-0.3, -0.25) is 0 Å². The highest BCUT2D eigenvalue weighted by atomic mass is 32.1.